The molecule has 0 radical (unpaired) electrons. The molecule has 4 nitrogen and oxygen atoms in total. The first-order valence-electron chi connectivity index (χ1n) is 8.51. The Bertz CT molecular complexity index is 625. The molecule has 1 aromatic rings. The van der Waals surface area contributed by atoms with Gasteiger partial charge in [-0.3, -0.25) is 9.69 Å². The zero-order chi connectivity index (χ0) is 17.7. The average Bonchev–Trinajstić information content (AvgIpc) is 2.53. The van der Waals surface area contributed by atoms with Crippen molar-refractivity contribution < 1.29 is 9.53 Å². The number of piperazine rings is 1. The number of rotatable bonds is 4. The number of carbonyl (C=O) groups is 1. The summed E-state index contributed by atoms with van der Waals surface area (Å²) >= 11 is 0. The Balaban J connectivity index is 1.82. The molecule has 1 aromatic carbocycles. The van der Waals surface area contributed by atoms with Crippen LogP contribution >= 0.6 is 0 Å². The zero-order valence-corrected chi connectivity index (χ0v) is 16.4. The van der Waals surface area contributed by atoms with Gasteiger partial charge in [-0.15, -0.1) is 5.54 Å². The van der Waals surface area contributed by atoms with E-state index in [1.165, 1.54) is 0 Å². The average molecular weight is 345 g/mol. The molecule has 1 amide bonds. The van der Waals surface area contributed by atoms with E-state index in [2.05, 4.69) is 36.0 Å². The minimum atomic E-state index is -1.34. The molecule has 0 bridgehead atoms. The van der Waals surface area contributed by atoms with Gasteiger partial charge in [0.2, 0.25) is 5.91 Å². The number of amides is 1. The van der Waals surface area contributed by atoms with Gasteiger partial charge in [0.1, 0.15) is 20.4 Å². The normalized spacial score (nSPS) is 19.0. The highest BCUT2D eigenvalue weighted by atomic mass is 28.3. The molecule has 1 aliphatic heterocycles. The smallest absolute Gasteiger partial charge is 0.239 e. The second kappa shape index (κ2) is 7.87. The number of ether oxygens (including phenoxy) is 1. The maximum atomic E-state index is 12.0. The molecule has 1 atom stereocenters. The van der Waals surface area contributed by atoms with Gasteiger partial charge in [0, 0.05) is 32.2 Å². The molecule has 0 aliphatic carbocycles. The number of nitrogens with zero attached hydrogens (tertiary/aromatic N) is 2. The minimum Gasteiger partial charge on any atom is -0.492 e. The van der Waals surface area contributed by atoms with Gasteiger partial charge >= 0.3 is 0 Å². The van der Waals surface area contributed by atoms with Crippen molar-refractivity contribution in [3.63, 3.8) is 0 Å². The van der Waals surface area contributed by atoms with Crippen molar-refractivity contribution in [1.82, 2.24) is 9.80 Å². The van der Waals surface area contributed by atoms with Crippen LogP contribution in [0.4, 0.5) is 0 Å². The Morgan fingerprint density at radius 2 is 1.88 bits per heavy atom. The van der Waals surface area contributed by atoms with Crippen LogP contribution < -0.4 is 4.74 Å². The van der Waals surface area contributed by atoms with Gasteiger partial charge in [-0.1, -0.05) is 25.6 Å². The van der Waals surface area contributed by atoms with Crippen molar-refractivity contribution in [2.45, 2.75) is 32.6 Å². The van der Waals surface area contributed by atoms with Crippen LogP contribution in [-0.2, 0) is 4.79 Å². The molecule has 5 heteroatoms. The largest absolute Gasteiger partial charge is 0.492 e. The van der Waals surface area contributed by atoms with Crippen LogP contribution in [0.5, 0.6) is 5.75 Å². The van der Waals surface area contributed by atoms with Gasteiger partial charge in [0.05, 0.1) is 6.04 Å². The Labute approximate surface area is 146 Å². The maximum absolute atomic E-state index is 12.0. The standard InChI is InChI=1S/C19H28N2O2Si/c1-16-19(22)20(2)11-12-21(16)13-14-23-18-8-6-17(7-9-18)10-15-24(3,4)5/h6-9,16H,11-14H2,1-5H3/t16-/m1/s1. The predicted molar refractivity (Wildman–Crippen MR) is 101 cm³/mol. The van der Waals surface area contributed by atoms with Gasteiger partial charge in [0.15, 0.2) is 0 Å². The summed E-state index contributed by atoms with van der Waals surface area (Å²) in [5.41, 5.74) is 4.39. The van der Waals surface area contributed by atoms with Gasteiger partial charge in [-0.05, 0) is 31.2 Å². The molecule has 1 heterocycles. The molecule has 1 aliphatic rings. The van der Waals surface area contributed by atoms with Gasteiger partial charge in [-0.2, -0.15) is 0 Å². The maximum Gasteiger partial charge on any atom is 0.239 e. The van der Waals surface area contributed by atoms with Crippen LogP contribution in [0.1, 0.15) is 12.5 Å². The van der Waals surface area contributed by atoms with Crippen molar-refractivity contribution >= 4 is 14.0 Å². The van der Waals surface area contributed by atoms with Crippen molar-refractivity contribution in [2.75, 3.05) is 33.3 Å². The predicted octanol–water partition coefficient (Wildman–Crippen LogP) is 2.46. The van der Waals surface area contributed by atoms with E-state index in [9.17, 15) is 4.79 Å². The fourth-order valence-corrected chi connectivity index (χ4v) is 3.06. The third-order valence-corrected chi connectivity index (χ3v) is 4.96. The summed E-state index contributed by atoms with van der Waals surface area (Å²) in [6.45, 7) is 11.7. The van der Waals surface area contributed by atoms with Crippen molar-refractivity contribution in [2.24, 2.45) is 0 Å². The first-order chi connectivity index (χ1) is 11.3. The third-order valence-electron chi connectivity index (χ3n) is 4.09. The van der Waals surface area contributed by atoms with Gasteiger partial charge < -0.3 is 9.64 Å². The van der Waals surface area contributed by atoms with E-state index in [0.717, 1.165) is 30.9 Å². The van der Waals surface area contributed by atoms with Crippen molar-refractivity contribution in [3.05, 3.63) is 29.8 Å². The Morgan fingerprint density at radius 3 is 2.50 bits per heavy atom. The molecule has 24 heavy (non-hydrogen) atoms. The van der Waals surface area contributed by atoms with Crippen molar-refractivity contribution in [1.29, 1.82) is 0 Å². The van der Waals surface area contributed by atoms with Crippen LogP contribution in [0.3, 0.4) is 0 Å². The fourth-order valence-electron chi connectivity index (χ4n) is 2.54. The second-order valence-electron chi connectivity index (χ2n) is 7.34. The molecular weight excluding hydrogens is 316 g/mol. The first kappa shape index (κ1) is 18.6. The Morgan fingerprint density at radius 1 is 1.21 bits per heavy atom. The monoisotopic (exact) mass is 344 g/mol. The molecule has 0 spiro atoms. The molecule has 130 valence electrons. The number of carbonyl (C=O) groups excluding carboxylic acids is 1. The SMILES string of the molecule is C[C@@H]1C(=O)N(C)CCN1CCOc1ccc(C#C[Si](C)(C)C)cc1. The van der Waals surface area contributed by atoms with E-state index in [0.29, 0.717) is 6.61 Å². The summed E-state index contributed by atoms with van der Waals surface area (Å²) in [4.78, 5) is 15.9. The summed E-state index contributed by atoms with van der Waals surface area (Å²) in [6.07, 6.45) is 0. The summed E-state index contributed by atoms with van der Waals surface area (Å²) in [6, 6.07) is 7.88. The first-order valence-corrected chi connectivity index (χ1v) is 12.0. The van der Waals surface area contributed by atoms with Crippen LogP contribution in [0.25, 0.3) is 0 Å². The van der Waals surface area contributed by atoms with E-state index in [-0.39, 0.29) is 11.9 Å². The van der Waals surface area contributed by atoms with Crippen LogP contribution in [0.2, 0.25) is 19.6 Å². The second-order valence-corrected chi connectivity index (χ2v) is 12.1. The Kier molecular flexibility index (Phi) is 6.08. The topological polar surface area (TPSA) is 32.8 Å². The van der Waals surface area contributed by atoms with E-state index in [4.69, 9.17) is 4.74 Å². The zero-order valence-electron chi connectivity index (χ0n) is 15.4. The minimum absolute atomic E-state index is 0.0634. The molecule has 0 N–H and O–H groups in total. The summed E-state index contributed by atoms with van der Waals surface area (Å²) in [5.74, 6) is 4.28. The van der Waals surface area contributed by atoms with E-state index in [1.54, 1.807) is 4.90 Å². The van der Waals surface area contributed by atoms with E-state index < -0.39 is 8.07 Å². The molecule has 0 aromatic heterocycles. The molecule has 0 unspecified atom stereocenters. The molecule has 2 rings (SSSR count). The Hall–Kier alpha value is -1.77. The lowest BCUT2D eigenvalue weighted by atomic mass is 10.2. The molecule has 0 saturated carbocycles. The highest BCUT2D eigenvalue weighted by Crippen LogP contribution is 2.13. The highest BCUT2D eigenvalue weighted by Gasteiger charge is 2.28. The lowest BCUT2D eigenvalue weighted by Gasteiger charge is -2.37. The highest BCUT2D eigenvalue weighted by molar-refractivity contribution is 6.83. The van der Waals surface area contributed by atoms with Crippen LogP contribution in [-0.4, -0.2) is 63.1 Å². The van der Waals surface area contributed by atoms with Gasteiger partial charge in [-0.25, -0.2) is 0 Å². The van der Waals surface area contributed by atoms with Gasteiger partial charge in [0.25, 0.3) is 0 Å². The number of benzene rings is 1. The molecule has 1 fully saturated rings. The van der Waals surface area contributed by atoms with Crippen molar-refractivity contribution in [3.8, 4) is 17.2 Å². The fraction of sp³-hybridized carbons (Fsp3) is 0.526. The summed E-state index contributed by atoms with van der Waals surface area (Å²) in [7, 11) is 0.521. The van der Waals surface area contributed by atoms with Crippen LogP contribution in [0, 0.1) is 11.5 Å². The number of likely N-dealkylation sites (N-methyl/N-ethyl adjacent to an activating group) is 1. The lowest BCUT2D eigenvalue weighted by molar-refractivity contribution is -0.139. The summed E-state index contributed by atoms with van der Waals surface area (Å²) in [5, 5.41) is 0. The molecular formula is C19H28N2O2Si. The van der Waals surface area contributed by atoms with E-state index in [1.807, 2.05) is 38.2 Å². The third kappa shape index (κ3) is 5.40. The van der Waals surface area contributed by atoms with E-state index >= 15 is 0 Å². The lowest BCUT2D eigenvalue weighted by Crippen LogP contribution is -2.55. The quantitative estimate of drug-likeness (QED) is 0.621. The number of hydrogen-bond donors (Lipinski definition) is 0. The van der Waals surface area contributed by atoms with Crippen LogP contribution in [0.15, 0.2) is 24.3 Å². The summed E-state index contributed by atoms with van der Waals surface area (Å²) < 4.78 is 5.81. The number of hydrogen-bond acceptors (Lipinski definition) is 3. The molecule has 1 saturated heterocycles.